The van der Waals surface area contributed by atoms with Gasteiger partial charge in [-0.25, -0.2) is 8.42 Å². The van der Waals surface area contributed by atoms with Gasteiger partial charge in [0.2, 0.25) is 0 Å². The van der Waals surface area contributed by atoms with Gasteiger partial charge in [-0.2, -0.15) is 0 Å². The number of hydrogen-bond acceptors (Lipinski definition) is 5. The third-order valence-corrected chi connectivity index (χ3v) is 6.37. The monoisotopic (exact) mass is 415 g/mol. The molecule has 29 heavy (non-hydrogen) atoms. The SMILES string of the molecule is Cc1cccc(C(=O)N2CCCC2)c1NS(=O)(=O)c1ccc2c(c1)NC(=O)CO2. The van der Waals surface area contributed by atoms with E-state index in [1.54, 1.807) is 30.0 Å². The number of benzene rings is 2. The van der Waals surface area contributed by atoms with Gasteiger partial charge in [0.15, 0.2) is 6.61 Å². The van der Waals surface area contributed by atoms with Gasteiger partial charge in [-0.1, -0.05) is 12.1 Å². The van der Waals surface area contributed by atoms with Crippen molar-refractivity contribution in [1.82, 2.24) is 4.90 Å². The number of sulfonamides is 1. The van der Waals surface area contributed by atoms with E-state index < -0.39 is 10.0 Å². The molecule has 0 atom stereocenters. The quantitative estimate of drug-likeness (QED) is 0.798. The maximum Gasteiger partial charge on any atom is 0.262 e. The molecule has 0 unspecified atom stereocenters. The maximum absolute atomic E-state index is 13.0. The normalized spacial score (nSPS) is 16.0. The number of aryl methyl sites for hydroxylation is 1. The first-order valence-electron chi connectivity index (χ1n) is 9.33. The summed E-state index contributed by atoms with van der Waals surface area (Å²) in [4.78, 5) is 26.1. The van der Waals surface area contributed by atoms with E-state index in [0.29, 0.717) is 35.7 Å². The zero-order valence-corrected chi connectivity index (χ0v) is 16.7. The Hall–Kier alpha value is -3.07. The van der Waals surface area contributed by atoms with Crippen LogP contribution < -0.4 is 14.8 Å². The number of fused-ring (bicyclic) bond motifs is 1. The van der Waals surface area contributed by atoms with Crippen molar-refractivity contribution in [3.63, 3.8) is 0 Å². The zero-order chi connectivity index (χ0) is 20.6. The first-order valence-corrected chi connectivity index (χ1v) is 10.8. The Morgan fingerprint density at radius 1 is 1.17 bits per heavy atom. The maximum atomic E-state index is 13.0. The van der Waals surface area contributed by atoms with Crippen molar-refractivity contribution in [1.29, 1.82) is 0 Å². The van der Waals surface area contributed by atoms with Crippen LogP contribution in [0.15, 0.2) is 41.3 Å². The van der Waals surface area contributed by atoms with Crippen molar-refractivity contribution in [3.8, 4) is 5.75 Å². The predicted molar refractivity (Wildman–Crippen MR) is 108 cm³/mol. The van der Waals surface area contributed by atoms with Crippen molar-refractivity contribution in [2.24, 2.45) is 0 Å². The Morgan fingerprint density at radius 2 is 1.93 bits per heavy atom. The van der Waals surface area contributed by atoms with Crippen LogP contribution in [0.2, 0.25) is 0 Å². The van der Waals surface area contributed by atoms with E-state index >= 15 is 0 Å². The number of nitrogens with one attached hydrogen (secondary N) is 2. The second-order valence-electron chi connectivity index (χ2n) is 7.10. The topological polar surface area (TPSA) is 105 Å². The van der Waals surface area contributed by atoms with Crippen LogP contribution in [-0.2, 0) is 14.8 Å². The Kier molecular flexibility index (Phi) is 4.91. The molecule has 2 aliphatic rings. The molecular formula is C20H21N3O5S. The molecule has 9 heteroatoms. The van der Waals surface area contributed by atoms with Gasteiger partial charge in [0.1, 0.15) is 5.75 Å². The van der Waals surface area contributed by atoms with Crippen molar-refractivity contribution >= 4 is 33.2 Å². The summed E-state index contributed by atoms with van der Waals surface area (Å²) in [5.74, 6) is -0.128. The Morgan fingerprint density at radius 3 is 2.69 bits per heavy atom. The van der Waals surface area contributed by atoms with Crippen LogP contribution in [0.1, 0.15) is 28.8 Å². The number of carbonyl (C=O) groups is 2. The molecule has 2 N–H and O–H groups in total. The van der Waals surface area contributed by atoms with Crippen molar-refractivity contribution in [2.75, 3.05) is 29.7 Å². The molecule has 1 fully saturated rings. The Labute approximate surface area is 168 Å². The van der Waals surface area contributed by atoms with E-state index in [0.717, 1.165) is 12.8 Å². The molecule has 4 rings (SSSR count). The third kappa shape index (κ3) is 3.77. The van der Waals surface area contributed by atoms with Crippen LogP contribution in [0.25, 0.3) is 0 Å². The molecule has 152 valence electrons. The number of rotatable bonds is 4. The van der Waals surface area contributed by atoms with E-state index in [2.05, 4.69) is 10.0 Å². The lowest BCUT2D eigenvalue weighted by Crippen LogP contribution is -2.29. The van der Waals surface area contributed by atoms with E-state index in [1.807, 2.05) is 0 Å². The number of anilines is 2. The average Bonchev–Trinajstić information content (AvgIpc) is 3.23. The fraction of sp³-hybridized carbons (Fsp3) is 0.300. The van der Waals surface area contributed by atoms with E-state index in [1.165, 1.54) is 18.2 Å². The molecule has 0 spiro atoms. The minimum atomic E-state index is -3.99. The lowest BCUT2D eigenvalue weighted by Gasteiger charge is -2.21. The van der Waals surface area contributed by atoms with Crippen LogP contribution in [0.5, 0.6) is 5.75 Å². The number of hydrogen-bond donors (Lipinski definition) is 2. The molecule has 2 amide bonds. The molecule has 0 aliphatic carbocycles. The fourth-order valence-corrected chi connectivity index (χ4v) is 4.67. The summed E-state index contributed by atoms with van der Waals surface area (Å²) in [6.07, 6.45) is 1.89. The molecule has 0 aromatic heterocycles. The first-order chi connectivity index (χ1) is 13.8. The summed E-state index contributed by atoms with van der Waals surface area (Å²) in [7, 11) is -3.99. The first kappa shape index (κ1) is 19.3. The van der Waals surface area contributed by atoms with Gasteiger partial charge >= 0.3 is 0 Å². The number of amides is 2. The van der Waals surface area contributed by atoms with Gasteiger partial charge in [-0.15, -0.1) is 0 Å². The molecule has 2 aromatic carbocycles. The number of ether oxygens (including phenoxy) is 1. The second kappa shape index (κ2) is 7.40. The minimum Gasteiger partial charge on any atom is -0.482 e. The minimum absolute atomic E-state index is 0.0372. The molecule has 0 saturated carbocycles. The zero-order valence-electron chi connectivity index (χ0n) is 15.9. The van der Waals surface area contributed by atoms with Crippen LogP contribution in [-0.4, -0.2) is 44.8 Å². The van der Waals surface area contributed by atoms with Crippen molar-refractivity contribution in [2.45, 2.75) is 24.7 Å². The molecular weight excluding hydrogens is 394 g/mol. The van der Waals surface area contributed by atoms with E-state index in [9.17, 15) is 18.0 Å². The van der Waals surface area contributed by atoms with Gasteiger partial charge in [-0.05, 0) is 49.6 Å². The second-order valence-corrected chi connectivity index (χ2v) is 8.78. The van der Waals surface area contributed by atoms with Crippen molar-refractivity contribution in [3.05, 3.63) is 47.5 Å². The molecule has 8 nitrogen and oxygen atoms in total. The van der Waals surface area contributed by atoms with Crippen LogP contribution >= 0.6 is 0 Å². The largest absolute Gasteiger partial charge is 0.482 e. The number of likely N-dealkylation sites (tertiary alicyclic amines) is 1. The van der Waals surface area contributed by atoms with Gasteiger partial charge in [-0.3, -0.25) is 14.3 Å². The highest BCUT2D eigenvalue weighted by Gasteiger charge is 2.26. The molecule has 0 radical (unpaired) electrons. The summed E-state index contributed by atoms with van der Waals surface area (Å²) >= 11 is 0. The summed E-state index contributed by atoms with van der Waals surface area (Å²) in [5, 5.41) is 2.60. The van der Waals surface area contributed by atoms with Crippen LogP contribution in [0.4, 0.5) is 11.4 Å². The Balaban J connectivity index is 1.67. The van der Waals surface area contributed by atoms with Crippen LogP contribution in [0.3, 0.4) is 0 Å². The molecule has 1 saturated heterocycles. The fourth-order valence-electron chi connectivity index (χ4n) is 3.49. The van der Waals surface area contributed by atoms with Crippen molar-refractivity contribution < 1.29 is 22.7 Å². The molecule has 0 bridgehead atoms. The summed E-state index contributed by atoms with van der Waals surface area (Å²) in [6.45, 7) is 2.98. The number of carbonyl (C=O) groups excluding carboxylic acids is 2. The van der Waals surface area contributed by atoms with Gasteiger partial charge < -0.3 is 15.0 Å². The van der Waals surface area contributed by atoms with E-state index in [4.69, 9.17) is 4.74 Å². The average molecular weight is 415 g/mol. The van der Waals surface area contributed by atoms with Crippen LogP contribution in [0, 0.1) is 6.92 Å². The highest BCUT2D eigenvalue weighted by atomic mass is 32.2. The molecule has 2 heterocycles. The molecule has 2 aliphatic heterocycles. The summed E-state index contributed by atoms with van der Waals surface area (Å²) in [6, 6.07) is 9.36. The number of nitrogens with zero attached hydrogens (tertiary/aromatic N) is 1. The highest BCUT2D eigenvalue weighted by Crippen LogP contribution is 2.32. The molecule has 2 aromatic rings. The predicted octanol–water partition coefficient (Wildman–Crippen LogP) is 2.36. The van der Waals surface area contributed by atoms with Gasteiger partial charge in [0.05, 0.1) is 21.8 Å². The highest BCUT2D eigenvalue weighted by molar-refractivity contribution is 7.92. The summed E-state index contributed by atoms with van der Waals surface area (Å²) in [5.41, 5.74) is 1.53. The third-order valence-electron chi connectivity index (χ3n) is 5.03. The van der Waals surface area contributed by atoms with Gasteiger partial charge in [0.25, 0.3) is 21.8 Å². The smallest absolute Gasteiger partial charge is 0.262 e. The Bertz CT molecular complexity index is 1090. The lowest BCUT2D eigenvalue weighted by molar-refractivity contribution is -0.118. The summed E-state index contributed by atoms with van der Waals surface area (Å²) < 4.78 is 33.9. The lowest BCUT2D eigenvalue weighted by atomic mass is 10.1. The van der Waals surface area contributed by atoms with Gasteiger partial charge in [0, 0.05) is 13.1 Å². The van der Waals surface area contributed by atoms with E-state index in [-0.39, 0.29) is 29.0 Å². The standard InChI is InChI=1S/C20H21N3O5S/c1-13-5-4-6-15(20(25)23-9-2-3-10-23)19(13)22-29(26,27)14-7-8-17-16(11-14)21-18(24)12-28-17/h4-8,11,22H,2-3,9-10,12H2,1H3,(H,21,24). The number of para-hydroxylation sites is 1.